The van der Waals surface area contributed by atoms with Crippen molar-refractivity contribution in [1.29, 1.82) is 0 Å². The van der Waals surface area contributed by atoms with Gasteiger partial charge in [-0.05, 0) is 81.3 Å². The number of aliphatic hydroxyl groups is 4. The molecule has 342 valence electrons. The Labute approximate surface area is 349 Å². The standard InChI is InChI=1S/C42H73NO16/c1-14-28-42(10,52)35(49)23(4)32(47)21(2)19-40(8,51)36(59-39-33(48)27(43(11)12)18-22(3)54-39)24(5)34(25(6)38(50)56-28)58-31-20-41(9,53-13)37(26(7)55-31)57-30(46)17-15-16-29(44)45/h21-28,31,33-37,39,48-49,51-52H,14-20H2,1-13H3,(H,44,45)/t21-,22?,23+,24+,25-,26?,27?,28-,31?,33?,34+,35-,36-,37?,39?,40-,41?,42-/m1/s1. The number of aliphatic carboxylic acids is 1. The molecule has 0 aromatic heterocycles. The second kappa shape index (κ2) is 20.7. The lowest BCUT2D eigenvalue weighted by Gasteiger charge is -2.49. The first-order chi connectivity index (χ1) is 27.2. The molecule has 3 fully saturated rings. The molecule has 18 atom stereocenters. The van der Waals surface area contributed by atoms with Gasteiger partial charge in [-0.3, -0.25) is 19.2 Å². The molecule has 0 radical (unpaired) electrons. The van der Waals surface area contributed by atoms with Gasteiger partial charge in [0.25, 0.3) is 0 Å². The summed E-state index contributed by atoms with van der Waals surface area (Å²) in [5.74, 6) is -6.97. The van der Waals surface area contributed by atoms with Crippen LogP contribution in [0.5, 0.6) is 0 Å². The second-order valence-corrected chi connectivity index (χ2v) is 18.2. The Kier molecular flexibility index (Phi) is 17.9. The lowest BCUT2D eigenvalue weighted by molar-refractivity contribution is -0.318. The van der Waals surface area contributed by atoms with E-state index in [2.05, 4.69) is 0 Å². The quantitative estimate of drug-likeness (QED) is 0.178. The number of cyclic esters (lactones) is 1. The predicted molar refractivity (Wildman–Crippen MR) is 212 cm³/mol. The number of methoxy groups -OCH3 is 1. The smallest absolute Gasteiger partial charge is 0.311 e. The zero-order valence-electron chi connectivity index (χ0n) is 37.3. The molecule has 3 aliphatic rings. The van der Waals surface area contributed by atoms with Crippen LogP contribution in [0.4, 0.5) is 0 Å². The van der Waals surface area contributed by atoms with E-state index in [-0.39, 0.29) is 50.7 Å². The third kappa shape index (κ3) is 12.2. The van der Waals surface area contributed by atoms with Crippen molar-refractivity contribution in [3.05, 3.63) is 0 Å². The van der Waals surface area contributed by atoms with Crippen LogP contribution in [0.3, 0.4) is 0 Å². The molecular weight excluding hydrogens is 774 g/mol. The van der Waals surface area contributed by atoms with Gasteiger partial charge in [-0.15, -0.1) is 0 Å². The topological polar surface area (TPSA) is 237 Å². The molecule has 0 amide bonds. The number of ether oxygens (including phenoxy) is 7. The summed E-state index contributed by atoms with van der Waals surface area (Å²) in [7, 11) is 5.10. The van der Waals surface area contributed by atoms with Crippen LogP contribution in [-0.4, -0.2) is 160 Å². The first-order valence-electron chi connectivity index (χ1n) is 21.0. The maximum absolute atomic E-state index is 14.3. The fourth-order valence-electron chi connectivity index (χ4n) is 9.20. The summed E-state index contributed by atoms with van der Waals surface area (Å²) in [6.45, 7) is 16.1. The maximum Gasteiger partial charge on any atom is 0.311 e. The van der Waals surface area contributed by atoms with E-state index < -0.39 is 119 Å². The molecule has 0 bridgehead atoms. The minimum atomic E-state index is -2.05. The molecule has 17 nitrogen and oxygen atoms in total. The van der Waals surface area contributed by atoms with E-state index in [1.54, 1.807) is 41.5 Å². The SMILES string of the molecule is CC[C@H]1OC(=O)[C@H](C)[C@@H](OC2CC(C)(OC)C(OC(=O)CCCC(=O)O)C(C)O2)[C@H](C)[C@@H](OC2OC(C)CC(N(C)C)C2O)[C@](C)(O)C[C@@H](C)C(=O)[C@H](C)[C@@H](O)[C@]1(C)O. The molecule has 8 unspecified atom stereocenters. The third-order valence-electron chi connectivity index (χ3n) is 12.8. The van der Waals surface area contributed by atoms with Gasteiger partial charge in [0.1, 0.15) is 29.2 Å². The van der Waals surface area contributed by atoms with Crippen molar-refractivity contribution < 1.29 is 77.9 Å². The molecular formula is C42H73NO16. The fourth-order valence-corrected chi connectivity index (χ4v) is 9.20. The minimum absolute atomic E-state index is 0.0117. The summed E-state index contributed by atoms with van der Waals surface area (Å²) in [4.78, 5) is 53.8. The molecule has 3 aliphatic heterocycles. The van der Waals surface area contributed by atoms with Crippen molar-refractivity contribution in [2.24, 2.45) is 23.7 Å². The number of nitrogens with zero attached hydrogens (tertiary/aromatic N) is 1. The Hall–Kier alpha value is -2.32. The van der Waals surface area contributed by atoms with E-state index >= 15 is 0 Å². The molecule has 5 N–H and O–H groups in total. The normalized spacial score (nSPS) is 44.4. The predicted octanol–water partition coefficient (Wildman–Crippen LogP) is 2.59. The van der Waals surface area contributed by atoms with E-state index in [0.29, 0.717) is 6.42 Å². The molecule has 0 spiro atoms. The number of carbonyl (C=O) groups is 4. The summed E-state index contributed by atoms with van der Waals surface area (Å²) in [6, 6.07) is -0.367. The molecule has 59 heavy (non-hydrogen) atoms. The Bertz CT molecular complexity index is 1420. The van der Waals surface area contributed by atoms with Crippen LogP contribution >= 0.6 is 0 Å². The Morgan fingerprint density at radius 1 is 0.898 bits per heavy atom. The largest absolute Gasteiger partial charge is 0.481 e. The number of hydrogen-bond acceptors (Lipinski definition) is 16. The van der Waals surface area contributed by atoms with Gasteiger partial charge in [0.15, 0.2) is 18.7 Å². The summed E-state index contributed by atoms with van der Waals surface area (Å²) in [5.41, 5.74) is -5.09. The molecule has 0 aromatic carbocycles. The first kappa shape index (κ1) is 51.0. The highest BCUT2D eigenvalue weighted by atomic mass is 16.7. The Morgan fingerprint density at radius 3 is 2.08 bits per heavy atom. The van der Waals surface area contributed by atoms with Gasteiger partial charge in [-0.1, -0.05) is 27.7 Å². The molecule has 3 saturated heterocycles. The number of aliphatic hydroxyl groups excluding tert-OH is 2. The van der Waals surface area contributed by atoms with Crippen molar-refractivity contribution in [1.82, 2.24) is 4.90 Å². The summed E-state index contributed by atoms with van der Waals surface area (Å²) in [6.07, 6.45) is -10.8. The lowest BCUT2D eigenvalue weighted by Crippen LogP contribution is -2.61. The number of carboxylic acids is 1. The van der Waals surface area contributed by atoms with Gasteiger partial charge < -0.3 is 63.6 Å². The van der Waals surface area contributed by atoms with E-state index in [1.165, 1.54) is 27.9 Å². The average molecular weight is 848 g/mol. The van der Waals surface area contributed by atoms with E-state index in [9.17, 15) is 39.6 Å². The Morgan fingerprint density at radius 2 is 1.53 bits per heavy atom. The highest BCUT2D eigenvalue weighted by Gasteiger charge is 2.54. The van der Waals surface area contributed by atoms with Crippen LogP contribution in [0.15, 0.2) is 0 Å². The molecule has 0 aromatic rings. The molecule has 3 heterocycles. The van der Waals surface area contributed by atoms with Crippen LogP contribution < -0.4 is 0 Å². The van der Waals surface area contributed by atoms with Gasteiger partial charge >= 0.3 is 17.9 Å². The molecule has 0 aliphatic carbocycles. The number of carboxylic acid groups (broad SMARTS) is 1. The van der Waals surface area contributed by atoms with Crippen molar-refractivity contribution in [2.45, 2.75) is 198 Å². The van der Waals surface area contributed by atoms with E-state index in [0.717, 1.165) is 0 Å². The van der Waals surface area contributed by atoms with Crippen molar-refractivity contribution >= 4 is 23.7 Å². The van der Waals surface area contributed by atoms with Crippen LogP contribution in [0.1, 0.15) is 114 Å². The first-order valence-corrected chi connectivity index (χ1v) is 21.0. The minimum Gasteiger partial charge on any atom is -0.481 e. The van der Waals surface area contributed by atoms with Crippen molar-refractivity contribution in [3.8, 4) is 0 Å². The van der Waals surface area contributed by atoms with Crippen molar-refractivity contribution in [2.75, 3.05) is 21.2 Å². The molecule has 17 heteroatoms. The van der Waals surface area contributed by atoms with Gasteiger partial charge in [0, 0.05) is 50.2 Å². The zero-order valence-corrected chi connectivity index (χ0v) is 37.3. The Balaban J connectivity index is 2.13. The second-order valence-electron chi connectivity index (χ2n) is 18.2. The summed E-state index contributed by atoms with van der Waals surface area (Å²) >= 11 is 0. The number of carbonyl (C=O) groups excluding carboxylic acids is 3. The number of ketones is 1. The molecule has 3 rings (SSSR count). The van der Waals surface area contributed by atoms with E-state index in [4.69, 9.17) is 38.3 Å². The number of Topliss-reactive ketones (excluding diaryl/α,β-unsaturated/α-hetero) is 1. The van der Waals surface area contributed by atoms with Gasteiger partial charge in [0.05, 0.1) is 42.0 Å². The third-order valence-corrected chi connectivity index (χ3v) is 12.8. The van der Waals surface area contributed by atoms with Crippen LogP contribution in [0.25, 0.3) is 0 Å². The lowest BCUT2D eigenvalue weighted by atomic mass is 9.74. The summed E-state index contributed by atoms with van der Waals surface area (Å²) in [5, 5.41) is 56.1. The molecule has 0 saturated carbocycles. The van der Waals surface area contributed by atoms with Crippen molar-refractivity contribution in [3.63, 3.8) is 0 Å². The average Bonchev–Trinajstić information content (AvgIpc) is 3.14. The van der Waals surface area contributed by atoms with Gasteiger partial charge in [-0.2, -0.15) is 0 Å². The van der Waals surface area contributed by atoms with Gasteiger partial charge in [-0.25, -0.2) is 0 Å². The van der Waals surface area contributed by atoms with Crippen LogP contribution in [0.2, 0.25) is 0 Å². The number of esters is 2. The fraction of sp³-hybridized carbons (Fsp3) is 0.905. The number of hydrogen-bond donors (Lipinski definition) is 5. The van der Waals surface area contributed by atoms with E-state index in [1.807, 2.05) is 25.9 Å². The highest BCUT2D eigenvalue weighted by molar-refractivity contribution is 5.83. The summed E-state index contributed by atoms with van der Waals surface area (Å²) < 4.78 is 43.5. The zero-order chi connectivity index (χ0) is 44.9. The maximum atomic E-state index is 14.3. The highest BCUT2D eigenvalue weighted by Crippen LogP contribution is 2.41. The van der Waals surface area contributed by atoms with Crippen LogP contribution in [0, 0.1) is 23.7 Å². The monoisotopic (exact) mass is 847 g/mol. The number of likely N-dealkylation sites (N-methyl/N-ethyl adjacent to an activating group) is 1. The van der Waals surface area contributed by atoms with Gasteiger partial charge in [0.2, 0.25) is 0 Å². The van der Waals surface area contributed by atoms with Crippen LogP contribution in [-0.2, 0) is 52.3 Å². The number of rotatable bonds is 12.